The SMILES string of the molecule is CCOC(=O)C(C)N(Cc1ccccc1)C(=O)c1cc(C)on1. The van der Waals surface area contributed by atoms with Gasteiger partial charge in [-0.15, -0.1) is 0 Å². The second-order valence-corrected chi connectivity index (χ2v) is 5.17. The molecule has 1 aromatic carbocycles. The van der Waals surface area contributed by atoms with Gasteiger partial charge in [-0.1, -0.05) is 35.5 Å². The molecule has 0 aliphatic heterocycles. The lowest BCUT2D eigenvalue weighted by atomic mass is 10.1. The van der Waals surface area contributed by atoms with Crippen LogP contribution in [0.15, 0.2) is 40.9 Å². The van der Waals surface area contributed by atoms with E-state index in [-0.39, 0.29) is 24.8 Å². The third kappa shape index (κ3) is 4.18. The molecule has 0 saturated heterocycles. The topological polar surface area (TPSA) is 72.6 Å². The summed E-state index contributed by atoms with van der Waals surface area (Å²) in [6.45, 7) is 5.63. The molecular formula is C17H20N2O4. The molecule has 0 N–H and O–H groups in total. The monoisotopic (exact) mass is 316 g/mol. The molecule has 0 radical (unpaired) electrons. The third-order valence-electron chi connectivity index (χ3n) is 3.40. The molecule has 1 heterocycles. The molecule has 122 valence electrons. The summed E-state index contributed by atoms with van der Waals surface area (Å²) >= 11 is 0. The zero-order chi connectivity index (χ0) is 16.8. The molecule has 0 aliphatic carbocycles. The van der Waals surface area contributed by atoms with Gasteiger partial charge in [0.05, 0.1) is 6.61 Å². The number of carbonyl (C=O) groups excluding carboxylic acids is 2. The Kier molecular flexibility index (Phi) is 5.51. The van der Waals surface area contributed by atoms with Crippen LogP contribution in [-0.2, 0) is 16.1 Å². The van der Waals surface area contributed by atoms with Crippen molar-refractivity contribution in [3.05, 3.63) is 53.4 Å². The Balaban J connectivity index is 2.26. The first-order valence-electron chi connectivity index (χ1n) is 7.47. The Morgan fingerprint density at radius 3 is 2.57 bits per heavy atom. The van der Waals surface area contributed by atoms with Gasteiger partial charge in [0, 0.05) is 12.6 Å². The summed E-state index contributed by atoms with van der Waals surface area (Å²) in [5.41, 5.74) is 1.09. The lowest BCUT2D eigenvalue weighted by Crippen LogP contribution is -2.43. The van der Waals surface area contributed by atoms with E-state index in [4.69, 9.17) is 9.26 Å². The molecule has 0 fully saturated rings. The average Bonchev–Trinajstić information content (AvgIpc) is 2.99. The van der Waals surface area contributed by atoms with Gasteiger partial charge in [0.15, 0.2) is 5.69 Å². The summed E-state index contributed by atoms with van der Waals surface area (Å²) < 4.78 is 10.00. The first kappa shape index (κ1) is 16.7. The number of ether oxygens (including phenoxy) is 1. The number of amides is 1. The first-order valence-corrected chi connectivity index (χ1v) is 7.47. The number of nitrogens with zero attached hydrogens (tertiary/aromatic N) is 2. The number of aromatic nitrogens is 1. The molecule has 0 spiro atoms. The van der Waals surface area contributed by atoms with Crippen molar-refractivity contribution in [3.63, 3.8) is 0 Å². The molecule has 23 heavy (non-hydrogen) atoms. The molecule has 1 amide bonds. The first-order chi connectivity index (χ1) is 11.0. The molecule has 1 atom stereocenters. The fraction of sp³-hybridized carbons (Fsp3) is 0.353. The minimum Gasteiger partial charge on any atom is -0.464 e. The maximum absolute atomic E-state index is 12.7. The molecule has 1 unspecified atom stereocenters. The standard InChI is InChI=1S/C17H20N2O4/c1-4-22-17(21)13(3)19(11-14-8-6-5-7-9-14)16(20)15-10-12(2)23-18-15/h5-10,13H,4,11H2,1-3H3. The highest BCUT2D eigenvalue weighted by Gasteiger charge is 2.29. The van der Waals surface area contributed by atoms with Gasteiger partial charge >= 0.3 is 5.97 Å². The van der Waals surface area contributed by atoms with E-state index < -0.39 is 12.0 Å². The fourth-order valence-corrected chi connectivity index (χ4v) is 2.17. The molecule has 2 aromatic rings. The van der Waals surface area contributed by atoms with E-state index in [0.29, 0.717) is 5.76 Å². The van der Waals surface area contributed by atoms with E-state index >= 15 is 0 Å². The van der Waals surface area contributed by atoms with Crippen LogP contribution in [0.5, 0.6) is 0 Å². The Morgan fingerprint density at radius 2 is 2.00 bits per heavy atom. The summed E-state index contributed by atoms with van der Waals surface area (Å²) in [4.78, 5) is 26.2. The lowest BCUT2D eigenvalue weighted by Gasteiger charge is -2.27. The maximum Gasteiger partial charge on any atom is 0.328 e. The number of rotatable bonds is 6. The van der Waals surface area contributed by atoms with Gasteiger partial charge in [0.25, 0.3) is 5.91 Å². The highest BCUT2D eigenvalue weighted by atomic mass is 16.5. The van der Waals surface area contributed by atoms with Crippen molar-refractivity contribution >= 4 is 11.9 Å². The van der Waals surface area contributed by atoms with Crippen LogP contribution in [0.4, 0.5) is 0 Å². The van der Waals surface area contributed by atoms with Crippen LogP contribution >= 0.6 is 0 Å². The fourth-order valence-electron chi connectivity index (χ4n) is 2.17. The molecule has 0 aliphatic rings. The summed E-state index contributed by atoms with van der Waals surface area (Å²) in [7, 11) is 0. The smallest absolute Gasteiger partial charge is 0.328 e. The van der Waals surface area contributed by atoms with Crippen LogP contribution < -0.4 is 0 Å². The number of aryl methyl sites for hydroxylation is 1. The van der Waals surface area contributed by atoms with Gasteiger partial charge in [-0.25, -0.2) is 4.79 Å². The normalized spacial score (nSPS) is 11.8. The Labute approximate surface area is 135 Å². The quantitative estimate of drug-likeness (QED) is 0.766. The van der Waals surface area contributed by atoms with Gasteiger partial charge in [0.1, 0.15) is 11.8 Å². The van der Waals surface area contributed by atoms with Crippen molar-refractivity contribution in [1.29, 1.82) is 0 Å². The summed E-state index contributed by atoms with van der Waals surface area (Å²) in [5.74, 6) is -0.278. The Bertz CT molecular complexity index is 666. The third-order valence-corrected chi connectivity index (χ3v) is 3.40. The van der Waals surface area contributed by atoms with Gasteiger partial charge < -0.3 is 14.2 Å². The summed E-state index contributed by atoms with van der Waals surface area (Å²) in [5, 5.41) is 3.75. The van der Waals surface area contributed by atoms with Crippen LogP contribution in [0.1, 0.15) is 35.7 Å². The molecule has 1 aromatic heterocycles. The highest BCUT2D eigenvalue weighted by molar-refractivity contribution is 5.95. The van der Waals surface area contributed by atoms with Crippen LogP contribution in [0.25, 0.3) is 0 Å². The number of benzene rings is 1. The van der Waals surface area contributed by atoms with Crippen LogP contribution in [0.3, 0.4) is 0 Å². The summed E-state index contributed by atoms with van der Waals surface area (Å²) in [6.07, 6.45) is 0. The number of carbonyl (C=O) groups is 2. The average molecular weight is 316 g/mol. The van der Waals surface area contributed by atoms with E-state index in [1.165, 1.54) is 4.90 Å². The molecule has 0 saturated carbocycles. The number of hydrogen-bond acceptors (Lipinski definition) is 5. The number of esters is 1. The van der Waals surface area contributed by atoms with Gasteiger partial charge in [-0.2, -0.15) is 0 Å². The van der Waals surface area contributed by atoms with Gasteiger partial charge in [-0.3, -0.25) is 4.79 Å². The summed E-state index contributed by atoms with van der Waals surface area (Å²) in [6, 6.07) is 10.3. The van der Waals surface area contributed by atoms with Crippen LogP contribution in [-0.4, -0.2) is 34.6 Å². The minimum absolute atomic E-state index is 0.176. The van der Waals surface area contributed by atoms with E-state index in [1.807, 2.05) is 30.3 Å². The van der Waals surface area contributed by atoms with Crippen molar-refractivity contribution in [1.82, 2.24) is 10.1 Å². The van der Waals surface area contributed by atoms with E-state index in [2.05, 4.69) is 5.16 Å². The predicted octanol–water partition coefficient (Wildman–Crippen LogP) is 2.58. The largest absolute Gasteiger partial charge is 0.464 e. The van der Waals surface area contributed by atoms with E-state index in [0.717, 1.165) is 5.56 Å². The molecule has 0 bridgehead atoms. The highest BCUT2D eigenvalue weighted by Crippen LogP contribution is 2.15. The van der Waals surface area contributed by atoms with Crippen molar-refractivity contribution in [2.45, 2.75) is 33.4 Å². The second-order valence-electron chi connectivity index (χ2n) is 5.17. The van der Waals surface area contributed by atoms with E-state index in [1.54, 1.807) is 26.8 Å². The molecule has 6 heteroatoms. The number of hydrogen-bond donors (Lipinski definition) is 0. The van der Waals surface area contributed by atoms with Crippen LogP contribution in [0.2, 0.25) is 0 Å². The van der Waals surface area contributed by atoms with Crippen molar-refractivity contribution in [2.75, 3.05) is 6.61 Å². The minimum atomic E-state index is -0.723. The molecule has 2 rings (SSSR count). The Hall–Kier alpha value is -2.63. The van der Waals surface area contributed by atoms with E-state index in [9.17, 15) is 9.59 Å². The van der Waals surface area contributed by atoms with Crippen molar-refractivity contribution in [2.24, 2.45) is 0 Å². The van der Waals surface area contributed by atoms with Crippen molar-refractivity contribution in [3.8, 4) is 0 Å². The van der Waals surface area contributed by atoms with Gasteiger partial charge in [-0.05, 0) is 26.3 Å². The van der Waals surface area contributed by atoms with Crippen LogP contribution in [0, 0.1) is 6.92 Å². The lowest BCUT2D eigenvalue weighted by molar-refractivity contribution is -0.148. The van der Waals surface area contributed by atoms with Gasteiger partial charge in [0.2, 0.25) is 0 Å². The van der Waals surface area contributed by atoms with Crippen molar-refractivity contribution < 1.29 is 18.8 Å². The Morgan fingerprint density at radius 1 is 1.30 bits per heavy atom. The maximum atomic E-state index is 12.7. The molecule has 6 nitrogen and oxygen atoms in total. The zero-order valence-electron chi connectivity index (χ0n) is 13.5. The predicted molar refractivity (Wildman–Crippen MR) is 83.7 cm³/mol. The second kappa shape index (κ2) is 7.58. The molecular weight excluding hydrogens is 296 g/mol. The zero-order valence-corrected chi connectivity index (χ0v) is 13.5.